The summed E-state index contributed by atoms with van der Waals surface area (Å²) in [4.78, 5) is 24.2. The van der Waals surface area contributed by atoms with Gasteiger partial charge in [0, 0.05) is 11.9 Å². The second-order valence-electron chi connectivity index (χ2n) is 5.90. The number of aryl methyl sites for hydroxylation is 1. The molecule has 26 heavy (non-hydrogen) atoms. The number of amidine groups is 1. The summed E-state index contributed by atoms with van der Waals surface area (Å²) in [5.74, 6) is -0.496. The number of amides is 1. The van der Waals surface area contributed by atoms with Gasteiger partial charge in [0.25, 0.3) is 12.3 Å². The molecule has 1 aromatic carbocycles. The van der Waals surface area contributed by atoms with Gasteiger partial charge in [0.15, 0.2) is 5.54 Å². The molecule has 1 aliphatic rings. The fourth-order valence-electron chi connectivity index (χ4n) is 2.59. The Morgan fingerprint density at radius 3 is 2.81 bits per heavy atom. The number of nitrogens with two attached hydrogens (primary N) is 1. The van der Waals surface area contributed by atoms with Gasteiger partial charge in [-0.05, 0) is 24.6 Å². The van der Waals surface area contributed by atoms with Gasteiger partial charge in [-0.25, -0.2) is 13.8 Å². The van der Waals surface area contributed by atoms with E-state index in [-0.39, 0.29) is 30.3 Å². The molecule has 0 saturated heterocycles. The lowest BCUT2D eigenvalue weighted by Crippen LogP contribution is -2.44. The third-order valence-electron chi connectivity index (χ3n) is 3.91. The van der Waals surface area contributed by atoms with E-state index in [1.54, 1.807) is 19.1 Å². The smallest absolute Gasteiger partial charge is 0.275 e. The Kier molecular flexibility index (Phi) is 4.90. The van der Waals surface area contributed by atoms with E-state index >= 15 is 0 Å². The minimum atomic E-state index is -2.82. The van der Waals surface area contributed by atoms with Gasteiger partial charge >= 0.3 is 0 Å². The van der Waals surface area contributed by atoms with Crippen molar-refractivity contribution in [3.05, 3.63) is 53.6 Å². The lowest BCUT2D eigenvalue weighted by Gasteiger charge is -2.33. The first-order chi connectivity index (χ1) is 12.4. The number of alkyl halides is 2. The van der Waals surface area contributed by atoms with Gasteiger partial charge in [-0.3, -0.25) is 14.8 Å². The summed E-state index contributed by atoms with van der Waals surface area (Å²) in [7, 11) is 0. The van der Waals surface area contributed by atoms with Crippen molar-refractivity contribution in [3.8, 4) is 0 Å². The number of hydrogen-bond acceptors (Lipinski definition) is 6. The summed E-state index contributed by atoms with van der Waals surface area (Å²) in [6, 6.07) is 6.06. The number of ether oxygens (including phenoxy) is 1. The number of aromatic nitrogens is 2. The summed E-state index contributed by atoms with van der Waals surface area (Å²) in [5, 5.41) is 2.62. The average Bonchev–Trinajstić information content (AvgIpc) is 2.62. The van der Waals surface area contributed by atoms with E-state index in [2.05, 4.69) is 20.3 Å². The van der Waals surface area contributed by atoms with Gasteiger partial charge in [-0.1, -0.05) is 12.1 Å². The maximum absolute atomic E-state index is 13.8. The molecular formula is C17H17F2N5O2. The number of hydrogen-bond donors (Lipinski definition) is 2. The number of carbonyl (C=O) groups is 1. The summed E-state index contributed by atoms with van der Waals surface area (Å²) < 4.78 is 32.7. The Morgan fingerprint density at radius 1 is 1.35 bits per heavy atom. The van der Waals surface area contributed by atoms with Crippen LogP contribution < -0.4 is 11.1 Å². The second-order valence-corrected chi connectivity index (χ2v) is 5.90. The number of rotatable bonds is 4. The molecule has 0 radical (unpaired) electrons. The number of aliphatic imine (C=N–C) groups is 1. The Hall–Kier alpha value is -2.94. The number of benzene rings is 1. The van der Waals surface area contributed by atoms with Crippen LogP contribution in [0.4, 0.5) is 14.5 Å². The molecule has 9 heteroatoms. The van der Waals surface area contributed by atoms with E-state index in [9.17, 15) is 13.6 Å². The van der Waals surface area contributed by atoms with E-state index in [1.165, 1.54) is 24.5 Å². The molecule has 1 unspecified atom stereocenters. The van der Waals surface area contributed by atoms with Gasteiger partial charge in [-0.15, -0.1) is 0 Å². The van der Waals surface area contributed by atoms with Gasteiger partial charge in [0.05, 0.1) is 18.5 Å². The number of nitrogens with zero attached hydrogens (tertiary/aromatic N) is 3. The lowest BCUT2D eigenvalue weighted by molar-refractivity contribution is -0.0129. The van der Waals surface area contributed by atoms with Gasteiger partial charge in [-0.2, -0.15) is 0 Å². The maximum atomic E-state index is 13.8. The van der Waals surface area contributed by atoms with E-state index in [0.717, 1.165) is 0 Å². The van der Waals surface area contributed by atoms with Crippen LogP contribution in [0.25, 0.3) is 0 Å². The zero-order valence-electron chi connectivity index (χ0n) is 13.9. The number of carbonyl (C=O) groups excluding carboxylic acids is 1. The highest BCUT2D eigenvalue weighted by Crippen LogP contribution is 2.36. The van der Waals surface area contributed by atoms with Crippen molar-refractivity contribution in [2.45, 2.75) is 18.9 Å². The predicted molar refractivity (Wildman–Crippen MR) is 91.3 cm³/mol. The second kappa shape index (κ2) is 7.12. The Bertz CT molecular complexity index is 841. The van der Waals surface area contributed by atoms with Crippen molar-refractivity contribution in [1.82, 2.24) is 9.97 Å². The predicted octanol–water partition coefficient (Wildman–Crippen LogP) is 1.89. The molecule has 0 spiro atoms. The first kappa shape index (κ1) is 17.9. The van der Waals surface area contributed by atoms with Crippen LogP contribution in [0.15, 0.2) is 41.7 Å². The van der Waals surface area contributed by atoms with Crippen molar-refractivity contribution >= 4 is 17.4 Å². The maximum Gasteiger partial charge on any atom is 0.275 e. The lowest BCUT2D eigenvalue weighted by atomic mass is 9.90. The van der Waals surface area contributed by atoms with Crippen LogP contribution in [0.2, 0.25) is 0 Å². The molecule has 0 aliphatic carbocycles. The Morgan fingerprint density at radius 2 is 2.15 bits per heavy atom. The zero-order valence-corrected chi connectivity index (χ0v) is 13.9. The minimum absolute atomic E-state index is 0.000850. The van der Waals surface area contributed by atoms with Gasteiger partial charge in [0.2, 0.25) is 0 Å². The molecule has 1 amide bonds. The summed E-state index contributed by atoms with van der Waals surface area (Å²) in [5.41, 5.74) is 5.02. The highest BCUT2D eigenvalue weighted by Gasteiger charge is 2.44. The molecule has 1 aliphatic heterocycles. The average molecular weight is 361 g/mol. The third-order valence-corrected chi connectivity index (χ3v) is 3.91. The topological polar surface area (TPSA) is 102 Å². The standard InChI is InChI=1S/C17H17F2N5O2/c1-10-6-22-13(7-21-10)15(25)23-12-4-2-3-11(5-12)17(16(18)19)9-26-8-14(20)24-17/h2-7,16H,8-9H2,1H3,(H2,20,24)(H,23,25). The van der Waals surface area contributed by atoms with Crippen molar-refractivity contribution in [2.75, 3.05) is 18.5 Å². The quantitative estimate of drug-likeness (QED) is 0.866. The van der Waals surface area contributed by atoms with Crippen LogP contribution in [0, 0.1) is 6.92 Å². The van der Waals surface area contributed by atoms with Crippen LogP contribution in [-0.4, -0.2) is 41.3 Å². The van der Waals surface area contributed by atoms with Crippen LogP contribution in [0.1, 0.15) is 21.7 Å². The van der Waals surface area contributed by atoms with Crippen molar-refractivity contribution in [2.24, 2.45) is 10.7 Å². The number of anilines is 1. The molecule has 1 aromatic heterocycles. The van der Waals surface area contributed by atoms with Crippen molar-refractivity contribution in [3.63, 3.8) is 0 Å². The molecule has 1 atom stereocenters. The molecular weight excluding hydrogens is 344 g/mol. The molecule has 0 fully saturated rings. The summed E-state index contributed by atoms with van der Waals surface area (Å²) in [6.45, 7) is 1.46. The molecule has 2 heterocycles. The normalized spacial score (nSPS) is 19.9. The molecule has 0 saturated carbocycles. The van der Waals surface area contributed by atoms with Crippen molar-refractivity contribution < 1.29 is 18.3 Å². The van der Waals surface area contributed by atoms with E-state index in [1.807, 2.05) is 0 Å². The Labute approximate surface area is 148 Å². The first-order valence-electron chi connectivity index (χ1n) is 7.81. The van der Waals surface area contributed by atoms with Crippen molar-refractivity contribution in [1.29, 1.82) is 0 Å². The molecule has 2 aromatic rings. The van der Waals surface area contributed by atoms with Crippen LogP contribution in [0.5, 0.6) is 0 Å². The van der Waals surface area contributed by atoms with Crippen LogP contribution in [-0.2, 0) is 10.3 Å². The molecule has 7 nitrogen and oxygen atoms in total. The largest absolute Gasteiger partial charge is 0.385 e. The SMILES string of the molecule is Cc1cnc(C(=O)Nc2cccc(C3(C(F)F)COCC(N)=N3)c2)cn1. The monoisotopic (exact) mass is 361 g/mol. The number of halogens is 2. The third kappa shape index (κ3) is 3.52. The van der Waals surface area contributed by atoms with E-state index in [0.29, 0.717) is 11.4 Å². The van der Waals surface area contributed by atoms with E-state index < -0.39 is 17.9 Å². The Balaban J connectivity index is 1.89. The molecule has 136 valence electrons. The van der Waals surface area contributed by atoms with Crippen LogP contribution >= 0.6 is 0 Å². The van der Waals surface area contributed by atoms with E-state index in [4.69, 9.17) is 10.5 Å². The first-order valence-corrected chi connectivity index (χ1v) is 7.81. The summed E-state index contributed by atoms with van der Waals surface area (Å²) in [6.07, 6.45) is -0.0152. The fraction of sp³-hybridized carbons (Fsp3) is 0.294. The molecule has 3 N–H and O–H groups in total. The fourth-order valence-corrected chi connectivity index (χ4v) is 2.59. The van der Waals surface area contributed by atoms with Gasteiger partial charge in [0.1, 0.15) is 18.1 Å². The van der Waals surface area contributed by atoms with Crippen LogP contribution in [0.3, 0.4) is 0 Å². The number of nitrogens with one attached hydrogen (secondary N) is 1. The summed E-state index contributed by atoms with van der Waals surface area (Å²) >= 11 is 0. The molecule has 0 bridgehead atoms. The zero-order chi connectivity index (χ0) is 18.7. The molecule has 3 rings (SSSR count). The highest BCUT2D eigenvalue weighted by molar-refractivity contribution is 6.02. The highest BCUT2D eigenvalue weighted by atomic mass is 19.3. The van der Waals surface area contributed by atoms with Gasteiger partial charge < -0.3 is 15.8 Å². The minimum Gasteiger partial charge on any atom is -0.385 e.